The van der Waals surface area contributed by atoms with Crippen LogP contribution in [0.25, 0.3) is 17.1 Å². The number of hydrogen-bond donors (Lipinski definition) is 2. The first-order valence-corrected chi connectivity index (χ1v) is 8.87. The molecule has 0 saturated carbocycles. The van der Waals surface area contributed by atoms with E-state index in [9.17, 15) is 9.59 Å². The van der Waals surface area contributed by atoms with E-state index >= 15 is 0 Å². The van der Waals surface area contributed by atoms with Crippen LogP contribution in [-0.4, -0.2) is 31.7 Å². The first-order chi connectivity index (χ1) is 13.0. The fourth-order valence-electron chi connectivity index (χ4n) is 2.72. The summed E-state index contributed by atoms with van der Waals surface area (Å²) in [5.41, 5.74) is 2.44. The highest BCUT2D eigenvalue weighted by molar-refractivity contribution is 8.18. The van der Waals surface area contributed by atoms with Crippen LogP contribution in [0.5, 0.6) is 0 Å². The molecule has 2 N–H and O–H groups in total. The highest BCUT2D eigenvalue weighted by atomic mass is 32.2. The van der Waals surface area contributed by atoms with Crippen LogP contribution in [0, 0.1) is 0 Å². The van der Waals surface area contributed by atoms with E-state index in [1.807, 2.05) is 35.9 Å². The Hall–Kier alpha value is -3.39. The summed E-state index contributed by atoms with van der Waals surface area (Å²) in [6.45, 7) is 0. The lowest BCUT2D eigenvalue weighted by Gasteiger charge is -1.98. The molecule has 1 aliphatic rings. The minimum Gasteiger partial charge on any atom is -0.478 e. The van der Waals surface area contributed by atoms with Crippen LogP contribution in [0.1, 0.15) is 16.2 Å². The average Bonchev–Trinajstić information content (AvgIpc) is 3.15. The number of carboxylic acid groups (broad SMARTS) is 1. The molecule has 0 bridgehead atoms. The zero-order chi connectivity index (χ0) is 19.0. The third-order valence-electron chi connectivity index (χ3n) is 4.06. The van der Waals surface area contributed by atoms with Crippen LogP contribution in [0.3, 0.4) is 0 Å². The standard InChI is InChI=1S/C19H14N4O3S/c1-23-14-8-3-2-7-13(14)21-16(23)10-15-17(24)22-19(27-15)20-12-6-4-5-11(9-12)18(25)26/h2-10H,1H3,(H,25,26)(H,20,22,24). The second kappa shape index (κ2) is 6.73. The third-order valence-corrected chi connectivity index (χ3v) is 4.97. The van der Waals surface area contributed by atoms with Gasteiger partial charge in [-0.25, -0.2) is 14.8 Å². The number of nitrogens with zero attached hydrogens (tertiary/aromatic N) is 3. The van der Waals surface area contributed by atoms with E-state index in [0.29, 0.717) is 21.6 Å². The molecule has 1 saturated heterocycles. The van der Waals surface area contributed by atoms with Crippen LogP contribution in [0.4, 0.5) is 5.69 Å². The van der Waals surface area contributed by atoms with Gasteiger partial charge >= 0.3 is 5.97 Å². The number of nitrogens with one attached hydrogen (secondary N) is 1. The number of thioether (sulfide) groups is 1. The quantitative estimate of drug-likeness (QED) is 0.683. The molecule has 2 heterocycles. The van der Waals surface area contributed by atoms with Crippen molar-refractivity contribution in [2.75, 3.05) is 0 Å². The van der Waals surface area contributed by atoms with Crippen molar-refractivity contribution in [2.45, 2.75) is 0 Å². The predicted molar refractivity (Wildman–Crippen MR) is 105 cm³/mol. The molecular formula is C19H14N4O3S. The first kappa shape index (κ1) is 17.0. The number of carbonyl (C=O) groups is 2. The van der Waals surface area contributed by atoms with Crippen molar-refractivity contribution < 1.29 is 14.7 Å². The van der Waals surface area contributed by atoms with Gasteiger partial charge in [-0.05, 0) is 42.1 Å². The minimum atomic E-state index is -1.03. The van der Waals surface area contributed by atoms with Gasteiger partial charge in [0.05, 0.1) is 27.2 Å². The van der Waals surface area contributed by atoms with Crippen molar-refractivity contribution >= 4 is 51.6 Å². The number of benzene rings is 2. The van der Waals surface area contributed by atoms with Gasteiger partial charge in [0, 0.05) is 13.1 Å². The van der Waals surface area contributed by atoms with Gasteiger partial charge in [-0.3, -0.25) is 4.79 Å². The van der Waals surface area contributed by atoms with E-state index in [4.69, 9.17) is 5.11 Å². The number of fused-ring (bicyclic) bond motifs is 1. The van der Waals surface area contributed by atoms with Gasteiger partial charge in [-0.1, -0.05) is 18.2 Å². The lowest BCUT2D eigenvalue weighted by atomic mass is 10.2. The SMILES string of the molecule is Cn1c(C=C2SC(=Nc3cccc(C(=O)O)c3)NC2=O)nc2ccccc21. The Morgan fingerprint density at radius 1 is 1.26 bits per heavy atom. The zero-order valence-corrected chi connectivity index (χ0v) is 15.0. The first-order valence-electron chi connectivity index (χ1n) is 8.06. The number of aromatic nitrogens is 2. The lowest BCUT2D eigenvalue weighted by Crippen LogP contribution is -2.19. The van der Waals surface area contributed by atoms with Crippen molar-refractivity contribution in [1.82, 2.24) is 14.9 Å². The maximum atomic E-state index is 12.3. The number of amidine groups is 1. The van der Waals surface area contributed by atoms with Gasteiger partial charge in [0.15, 0.2) is 5.17 Å². The number of rotatable bonds is 3. The molecule has 1 amide bonds. The van der Waals surface area contributed by atoms with Gasteiger partial charge in [0.1, 0.15) is 5.82 Å². The van der Waals surface area contributed by atoms with E-state index in [0.717, 1.165) is 11.0 Å². The molecule has 0 aliphatic carbocycles. The van der Waals surface area contributed by atoms with E-state index in [1.165, 1.54) is 23.9 Å². The average molecular weight is 378 g/mol. The van der Waals surface area contributed by atoms with Crippen molar-refractivity contribution in [2.24, 2.45) is 12.0 Å². The van der Waals surface area contributed by atoms with Gasteiger partial charge < -0.3 is 15.0 Å². The van der Waals surface area contributed by atoms with Crippen molar-refractivity contribution in [3.05, 3.63) is 64.8 Å². The van der Waals surface area contributed by atoms with Gasteiger partial charge in [0.2, 0.25) is 0 Å². The summed E-state index contributed by atoms with van der Waals surface area (Å²) in [4.78, 5) is 32.7. The van der Waals surface area contributed by atoms with E-state index in [1.54, 1.807) is 18.2 Å². The highest BCUT2D eigenvalue weighted by Crippen LogP contribution is 2.28. The van der Waals surface area contributed by atoms with Crippen LogP contribution in [0.2, 0.25) is 0 Å². The van der Waals surface area contributed by atoms with Crippen molar-refractivity contribution in [1.29, 1.82) is 0 Å². The largest absolute Gasteiger partial charge is 0.478 e. The Morgan fingerprint density at radius 2 is 2.07 bits per heavy atom. The van der Waals surface area contributed by atoms with Gasteiger partial charge in [-0.15, -0.1) is 0 Å². The van der Waals surface area contributed by atoms with E-state index in [2.05, 4.69) is 15.3 Å². The summed E-state index contributed by atoms with van der Waals surface area (Å²) >= 11 is 1.19. The smallest absolute Gasteiger partial charge is 0.335 e. The Bertz CT molecular complexity index is 1150. The maximum Gasteiger partial charge on any atom is 0.335 e. The third kappa shape index (κ3) is 3.34. The molecule has 1 fully saturated rings. The molecule has 1 aliphatic heterocycles. The van der Waals surface area contributed by atoms with E-state index in [-0.39, 0.29) is 11.5 Å². The predicted octanol–water partition coefficient (Wildman–Crippen LogP) is 3.16. The molecule has 8 heteroatoms. The number of para-hydroxylation sites is 2. The summed E-state index contributed by atoms with van der Waals surface area (Å²) < 4.78 is 1.92. The molecule has 27 heavy (non-hydrogen) atoms. The minimum absolute atomic E-state index is 0.140. The normalized spacial score (nSPS) is 17.0. The molecule has 4 rings (SSSR count). The second-order valence-electron chi connectivity index (χ2n) is 5.85. The Balaban J connectivity index is 1.64. The number of imidazole rings is 1. The van der Waals surface area contributed by atoms with Gasteiger partial charge in [-0.2, -0.15) is 0 Å². The topological polar surface area (TPSA) is 96.6 Å². The Labute approximate surface area is 158 Å². The van der Waals surface area contributed by atoms with Crippen molar-refractivity contribution in [3.63, 3.8) is 0 Å². The molecule has 2 aromatic carbocycles. The molecule has 3 aromatic rings. The lowest BCUT2D eigenvalue weighted by molar-refractivity contribution is -0.115. The fraction of sp³-hybridized carbons (Fsp3) is 0.0526. The molecule has 1 aromatic heterocycles. The van der Waals surface area contributed by atoms with Crippen molar-refractivity contribution in [3.8, 4) is 0 Å². The highest BCUT2D eigenvalue weighted by Gasteiger charge is 2.24. The second-order valence-corrected chi connectivity index (χ2v) is 6.89. The van der Waals surface area contributed by atoms with Crippen LogP contribution in [0.15, 0.2) is 58.4 Å². The molecular weight excluding hydrogens is 364 g/mol. The van der Waals surface area contributed by atoms with E-state index < -0.39 is 5.97 Å². The maximum absolute atomic E-state index is 12.3. The number of aromatic carboxylic acids is 1. The zero-order valence-electron chi connectivity index (χ0n) is 14.2. The van der Waals surface area contributed by atoms with Crippen LogP contribution >= 0.6 is 11.8 Å². The summed E-state index contributed by atoms with van der Waals surface area (Å²) in [6, 6.07) is 14.0. The number of carboxylic acids is 1. The Kier molecular flexibility index (Phi) is 4.25. The molecule has 0 spiro atoms. The molecule has 7 nitrogen and oxygen atoms in total. The van der Waals surface area contributed by atoms with Crippen LogP contribution < -0.4 is 5.32 Å². The number of amides is 1. The molecule has 134 valence electrons. The summed E-state index contributed by atoms with van der Waals surface area (Å²) in [5.74, 6) is -0.620. The summed E-state index contributed by atoms with van der Waals surface area (Å²) in [7, 11) is 1.89. The van der Waals surface area contributed by atoms with Gasteiger partial charge in [0.25, 0.3) is 5.91 Å². The number of carbonyl (C=O) groups excluding carboxylic acids is 1. The number of hydrogen-bond acceptors (Lipinski definition) is 5. The van der Waals surface area contributed by atoms with Crippen LogP contribution in [-0.2, 0) is 11.8 Å². The number of aliphatic imine (C=N–C) groups is 1. The molecule has 0 atom stereocenters. The monoisotopic (exact) mass is 378 g/mol. The fourth-order valence-corrected chi connectivity index (χ4v) is 3.53. The molecule has 0 radical (unpaired) electrons. The molecule has 0 unspecified atom stereocenters. The number of aryl methyl sites for hydroxylation is 1. The Morgan fingerprint density at radius 3 is 2.85 bits per heavy atom. The summed E-state index contributed by atoms with van der Waals surface area (Å²) in [5, 5.41) is 12.2. The summed E-state index contributed by atoms with van der Waals surface area (Å²) in [6.07, 6.45) is 1.72.